The van der Waals surface area contributed by atoms with Crippen molar-refractivity contribution in [3.05, 3.63) is 35.9 Å². The van der Waals surface area contributed by atoms with Crippen LogP contribution >= 0.6 is 0 Å². The van der Waals surface area contributed by atoms with Gasteiger partial charge >= 0.3 is 0 Å². The quantitative estimate of drug-likeness (QED) is 0.573. The number of hydrogen-bond acceptors (Lipinski definition) is 0. The molecule has 0 nitrogen and oxygen atoms in total. The van der Waals surface area contributed by atoms with Gasteiger partial charge in [0, 0.05) is 0 Å². The molecule has 0 aliphatic heterocycles. The maximum Gasteiger partial charge on any atom is 0.0624 e. The Kier molecular flexibility index (Phi) is 2.66. The molecule has 0 N–H and O–H groups in total. The Labute approximate surface area is 77.2 Å². The van der Waals surface area contributed by atoms with E-state index in [1.54, 1.807) is 0 Å². The highest BCUT2D eigenvalue weighted by atomic mass is 14.2. The lowest BCUT2D eigenvalue weighted by Gasteiger charge is -2.28. The molecule has 0 amide bonds. The van der Waals surface area contributed by atoms with Gasteiger partial charge in [0.25, 0.3) is 0 Å². The molecule has 0 fully saturated rings. The van der Waals surface area contributed by atoms with Crippen LogP contribution in [-0.4, -0.2) is 15.7 Å². The van der Waals surface area contributed by atoms with Crippen molar-refractivity contribution in [2.75, 3.05) is 0 Å². The monoisotopic (exact) mass is 154 g/mol. The van der Waals surface area contributed by atoms with Gasteiger partial charge in [0.15, 0.2) is 0 Å². The molecule has 0 heterocycles. The Morgan fingerprint density at radius 1 is 1.17 bits per heavy atom. The van der Waals surface area contributed by atoms with E-state index < -0.39 is 5.21 Å². The highest BCUT2D eigenvalue weighted by molar-refractivity contribution is 6.40. The van der Waals surface area contributed by atoms with Gasteiger partial charge in [-0.25, -0.2) is 0 Å². The van der Waals surface area contributed by atoms with E-state index in [4.69, 9.17) is 15.7 Å². The van der Waals surface area contributed by atoms with E-state index >= 15 is 0 Å². The second kappa shape index (κ2) is 3.38. The summed E-state index contributed by atoms with van der Waals surface area (Å²) < 4.78 is 0. The zero-order chi connectivity index (χ0) is 9.19. The van der Waals surface area contributed by atoms with Crippen LogP contribution in [-0.2, 0) is 0 Å². The molecule has 0 spiro atoms. The van der Waals surface area contributed by atoms with Crippen LogP contribution in [0.4, 0.5) is 0 Å². The minimum atomic E-state index is -0.638. The third-order valence-electron chi connectivity index (χ3n) is 2.23. The fourth-order valence-corrected chi connectivity index (χ4v) is 1.10. The first-order chi connectivity index (χ1) is 5.52. The fraction of sp³-hybridized carbons (Fsp3) is 0.400. The Morgan fingerprint density at radius 2 is 1.67 bits per heavy atom. The lowest BCUT2D eigenvalue weighted by Crippen LogP contribution is -2.16. The first-order valence-electron chi connectivity index (χ1n) is 4.14. The van der Waals surface area contributed by atoms with Crippen LogP contribution in [0, 0.1) is 0 Å². The molecular formula is C10H12B2. The molecule has 1 aromatic rings. The summed E-state index contributed by atoms with van der Waals surface area (Å²) in [6.45, 7) is 3.88. The zero-order valence-corrected chi connectivity index (χ0v) is 7.62. The molecule has 0 aliphatic rings. The summed E-state index contributed by atoms with van der Waals surface area (Å²) in [6, 6.07) is 10.1. The molecule has 0 aliphatic carbocycles. The Balaban J connectivity index is 2.86. The number of benzene rings is 1. The maximum absolute atomic E-state index is 5.79. The average molecular weight is 154 g/mol. The fourth-order valence-electron chi connectivity index (χ4n) is 1.10. The second-order valence-electron chi connectivity index (χ2n) is 3.50. The first kappa shape index (κ1) is 9.44. The standard InChI is InChI=1S/C10H12B2/c1-8(10(2,11)12)9-6-4-3-5-7-9/h3-8H,1-2H3. The molecule has 0 saturated carbocycles. The molecule has 0 aromatic heterocycles. The van der Waals surface area contributed by atoms with E-state index in [2.05, 4.69) is 0 Å². The summed E-state index contributed by atoms with van der Waals surface area (Å²) in [5, 5.41) is -0.638. The van der Waals surface area contributed by atoms with Gasteiger partial charge in [-0.05, 0) is 11.5 Å². The molecule has 4 radical (unpaired) electrons. The van der Waals surface area contributed by atoms with Crippen molar-refractivity contribution >= 4 is 15.7 Å². The molecule has 0 saturated heterocycles. The SMILES string of the molecule is [B]C([B])(C)C(C)c1ccccc1. The minimum absolute atomic E-state index is 0.179. The molecule has 0 bridgehead atoms. The van der Waals surface area contributed by atoms with Crippen molar-refractivity contribution in [2.24, 2.45) is 0 Å². The lowest BCUT2D eigenvalue weighted by atomic mass is 9.49. The molecule has 1 unspecified atom stereocenters. The van der Waals surface area contributed by atoms with Gasteiger partial charge in [0.2, 0.25) is 0 Å². The Morgan fingerprint density at radius 3 is 2.08 bits per heavy atom. The largest absolute Gasteiger partial charge is 0.0953 e. The Hall–Kier alpha value is -0.650. The Bertz CT molecular complexity index is 236. The van der Waals surface area contributed by atoms with Crippen LogP contribution < -0.4 is 0 Å². The lowest BCUT2D eigenvalue weighted by molar-refractivity contribution is 0.673. The van der Waals surface area contributed by atoms with Gasteiger partial charge in [0.1, 0.15) is 0 Å². The summed E-state index contributed by atoms with van der Waals surface area (Å²) in [7, 11) is 11.6. The van der Waals surface area contributed by atoms with Gasteiger partial charge in [-0.15, -0.1) is 0 Å². The van der Waals surface area contributed by atoms with Crippen LogP contribution in [0.3, 0.4) is 0 Å². The van der Waals surface area contributed by atoms with Gasteiger partial charge in [0.05, 0.1) is 15.7 Å². The molecule has 58 valence electrons. The second-order valence-corrected chi connectivity index (χ2v) is 3.50. The molecule has 1 rings (SSSR count). The van der Waals surface area contributed by atoms with Crippen molar-refractivity contribution in [3.63, 3.8) is 0 Å². The van der Waals surface area contributed by atoms with Crippen LogP contribution in [0.25, 0.3) is 0 Å². The summed E-state index contributed by atoms with van der Waals surface area (Å²) in [5.74, 6) is 0.179. The molecule has 2 heteroatoms. The predicted octanol–water partition coefficient (Wildman–Crippen LogP) is 2.26. The van der Waals surface area contributed by atoms with Crippen molar-refractivity contribution in [1.29, 1.82) is 0 Å². The predicted molar refractivity (Wildman–Crippen MR) is 54.7 cm³/mol. The normalized spacial score (nSPS) is 14.2. The summed E-state index contributed by atoms with van der Waals surface area (Å²) in [6.07, 6.45) is 0. The zero-order valence-electron chi connectivity index (χ0n) is 7.62. The van der Waals surface area contributed by atoms with Crippen molar-refractivity contribution in [2.45, 2.75) is 25.0 Å². The van der Waals surface area contributed by atoms with E-state index in [9.17, 15) is 0 Å². The third kappa shape index (κ3) is 2.17. The highest BCUT2D eigenvalue weighted by Crippen LogP contribution is 2.34. The van der Waals surface area contributed by atoms with Crippen LogP contribution in [0.2, 0.25) is 5.21 Å². The summed E-state index contributed by atoms with van der Waals surface area (Å²) in [4.78, 5) is 0. The van der Waals surface area contributed by atoms with Gasteiger partial charge in [-0.1, -0.05) is 49.4 Å². The smallest absolute Gasteiger partial charge is 0.0624 e. The van der Waals surface area contributed by atoms with Gasteiger partial charge < -0.3 is 0 Å². The van der Waals surface area contributed by atoms with Crippen LogP contribution in [0.1, 0.15) is 25.3 Å². The topological polar surface area (TPSA) is 0 Å². The third-order valence-corrected chi connectivity index (χ3v) is 2.23. The van der Waals surface area contributed by atoms with Crippen LogP contribution in [0.15, 0.2) is 30.3 Å². The maximum atomic E-state index is 5.79. The summed E-state index contributed by atoms with van der Waals surface area (Å²) in [5.41, 5.74) is 1.19. The molecular weight excluding hydrogens is 142 g/mol. The van der Waals surface area contributed by atoms with E-state index in [1.165, 1.54) is 5.56 Å². The van der Waals surface area contributed by atoms with Crippen molar-refractivity contribution in [3.8, 4) is 0 Å². The van der Waals surface area contributed by atoms with E-state index in [0.717, 1.165) is 0 Å². The number of hydrogen-bond donors (Lipinski definition) is 0. The van der Waals surface area contributed by atoms with Gasteiger partial charge in [-0.2, -0.15) is 0 Å². The first-order valence-corrected chi connectivity index (χ1v) is 4.14. The molecule has 1 atom stereocenters. The number of rotatable bonds is 2. The summed E-state index contributed by atoms with van der Waals surface area (Å²) >= 11 is 0. The van der Waals surface area contributed by atoms with Gasteiger partial charge in [-0.3, -0.25) is 0 Å². The molecule has 12 heavy (non-hydrogen) atoms. The average Bonchev–Trinajstić information content (AvgIpc) is 2.03. The highest BCUT2D eigenvalue weighted by Gasteiger charge is 2.19. The molecule has 1 aromatic carbocycles. The van der Waals surface area contributed by atoms with E-state index in [0.29, 0.717) is 0 Å². The van der Waals surface area contributed by atoms with Crippen molar-refractivity contribution in [1.82, 2.24) is 0 Å². The minimum Gasteiger partial charge on any atom is -0.0953 e. The van der Waals surface area contributed by atoms with Crippen LogP contribution in [0.5, 0.6) is 0 Å². The van der Waals surface area contributed by atoms with E-state index in [-0.39, 0.29) is 5.92 Å². The van der Waals surface area contributed by atoms with Crippen molar-refractivity contribution < 1.29 is 0 Å². The van der Waals surface area contributed by atoms with E-state index in [1.807, 2.05) is 44.2 Å².